The second-order valence-electron chi connectivity index (χ2n) is 4.10. The second kappa shape index (κ2) is 6.51. The maximum Gasteiger partial charge on any atom is 0.124 e. The monoisotopic (exact) mass is 344 g/mol. The number of nitrogens with two attached hydrogens (primary N) is 1. The van der Waals surface area contributed by atoms with Crippen LogP contribution in [0.25, 0.3) is 0 Å². The molecule has 1 unspecified atom stereocenters. The van der Waals surface area contributed by atoms with Gasteiger partial charge in [-0.15, -0.1) is 5.10 Å². The van der Waals surface area contributed by atoms with Crippen molar-refractivity contribution < 1.29 is 4.39 Å². The van der Waals surface area contributed by atoms with Crippen LogP contribution in [0.4, 0.5) is 4.39 Å². The molecule has 19 heavy (non-hydrogen) atoms. The second-order valence-corrected chi connectivity index (χ2v) is 5.74. The lowest BCUT2D eigenvalue weighted by molar-refractivity contribution is 0.553. The zero-order valence-corrected chi connectivity index (χ0v) is 12.8. The zero-order chi connectivity index (χ0) is 13.8. The Kier molecular flexibility index (Phi) is 4.98. The molecule has 0 bridgehead atoms. The quantitative estimate of drug-likeness (QED) is 0.646. The Balaban J connectivity index is 2.24. The molecule has 0 saturated carbocycles. The van der Waals surface area contributed by atoms with Crippen LogP contribution in [0.1, 0.15) is 29.1 Å². The summed E-state index contributed by atoms with van der Waals surface area (Å²) in [5.41, 5.74) is 4.72. The number of hydrazine groups is 1. The van der Waals surface area contributed by atoms with E-state index in [1.54, 1.807) is 6.07 Å². The number of aryl methyl sites for hydroxylation is 1. The molecule has 2 aromatic rings. The van der Waals surface area contributed by atoms with E-state index in [1.165, 1.54) is 23.7 Å². The summed E-state index contributed by atoms with van der Waals surface area (Å²) in [5.74, 6) is 5.36. The summed E-state index contributed by atoms with van der Waals surface area (Å²) in [4.78, 5) is 1.03. The van der Waals surface area contributed by atoms with Crippen LogP contribution in [-0.2, 0) is 12.8 Å². The van der Waals surface area contributed by atoms with Gasteiger partial charge in [-0.05, 0) is 42.1 Å². The van der Waals surface area contributed by atoms with Gasteiger partial charge in [-0.3, -0.25) is 11.3 Å². The van der Waals surface area contributed by atoms with Gasteiger partial charge in [0.2, 0.25) is 0 Å². The molecule has 2 rings (SSSR count). The molecule has 7 heteroatoms. The number of benzene rings is 1. The summed E-state index contributed by atoms with van der Waals surface area (Å²) in [6.45, 7) is 2.03. The van der Waals surface area contributed by atoms with Gasteiger partial charge in [-0.1, -0.05) is 33.4 Å². The Morgan fingerprint density at radius 2 is 2.32 bits per heavy atom. The summed E-state index contributed by atoms with van der Waals surface area (Å²) >= 11 is 4.71. The lowest BCUT2D eigenvalue weighted by Gasteiger charge is -2.15. The van der Waals surface area contributed by atoms with Crippen LogP contribution in [0.15, 0.2) is 22.7 Å². The van der Waals surface area contributed by atoms with Crippen LogP contribution in [-0.4, -0.2) is 9.59 Å². The zero-order valence-electron chi connectivity index (χ0n) is 10.4. The van der Waals surface area contributed by atoms with Gasteiger partial charge in [0, 0.05) is 4.47 Å². The first kappa shape index (κ1) is 14.5. The molecular formula is C12H14BrFN4S. The first-order chi connectivity index (χ1) is 9.15. The van der Waals surface area contributed by atoms with E-state index in [1.807, 2.05) is 6.92 Å². The molecule has 0 radical (unpaired) electrons. The molecule has 0 aliphatic carbocycles. The molecule has 0 aliphatic heterocycles. The van der Waals surface area contributed by atoms with Gasteiger partial charge >= 0.3 is 0 Å². The maximum absolute atomic E-state index is 13.1. The number of hydrogen-bond acceptors (Lipinski definition) is 5. The summed E-state index contributed by atoms with van der Waals surface area (Å²) in [6, 6.07) is 4.58. The SMILES string of the molecule is CCc1nnsc1C(Cc1ccc(F)cc1Br)NN. The third kappa shape index (κ3) is 3.36. The number of rotatable bonds is 5. The molecule has 1 aromatic heterocycles. The number of nitrogens with zero attached hydrogens (tertiary/aromatic N) is 2. The summed E-state index contributed by atoms with van der Waals surface area (Å²) < 4.78 is 17.8. The molecule has 3 N–H and O–H groups in total. The van der Waals surface area contributed by atoms with Crippen LogP contribution < -0.4 is 11.3 Å². The standard InChI is InChI=1S/C12H14BrFN4S/c1-2-10-12(19-18-17-10)11(16-15)5-7-3-4-8(14)6-9(7)13/h3-4,6,11,16H,2,5,15H2,1H3. The molecule has 0 aliphatic rings. The van der Waals surface area contributed by atoms with Crippen LogP contribution in [0.3, 0.4) is 0 Å². The minimum absolute atomic E-state index is 0.0725. The summed E-state index contributed by atoms with van der Waals surface area (Å²) in [5, 5.41) is 4.08. The first-order valence-corrected chi connectivity index (χ1v) is 7.43. The van der Waals surface area contributed by atoms with E-state index in [2.05, 4.69) is 30.9 Å². The van der Waals surface area contributed by atoms with E-state index in [9.17, 15) is 4.39 Å². The highest BCUT2D eigenvalue weighted by atomic mass is 79.9. The molecule has 1 aromatic carbocycles. The molecule has 0 amide bonds. The molecule has 4 nitrogen and oxygen atoms in total. The van der Waals surface area contributed by atoms with Gasteiger partial charge in [0.15, 0.2) is 0 Å². The summed E-state index contributed by atoms with van der Waals surface area (Å²) in [7, 11) is 0. The van der Waals surface area contributed by atoms with Crippen LogP contribution >= 0.6 is 27.5 Å². The normalized spacial score (nSPS) is 12.6. The highest BCUT2D eigenvalue weighted by Gasteiger charge is 2.19. The lowest BCUT2D eigenvalue weighted by Crippen LogP contribution is -2.29. The van der Waals surface area contributed by atoms with Crippen molar-refractivity contribution in [3.8, 4) is 0 Å². The topological polar surface area (TPSA) is 63.8 Å². The lowest BCUT2D eigenvalue weighted by atomic mass is 10.0. The van der Waals surface area contributed by atoms with Crippen LogP contribution in [0.5, 0.6) is 0 Å². The first-order valence-electron chi connectivity index (χ1n) is 5.86. The average molecular weight is 345 g/mol. The van der Waals surface area contributed by atoms with E-state index in [0.717, 1.165) is 27.0 Å². The summed E-state index contributed by atoms with van der Waals surface area (Å²) in [6.07, 6.45) is 1.46. The van der Waals surface area contributed by atoms with Gasteiger partial charge in [-0.25, -0.2) is 4.39 Å². The fraction of sp³-hybridized carbons (Fsp3) is 0.333. The van der Waals surface area contributed by atoms with Crippen LogP contribution in [0.2, 0.25) is 0 Å². The van der Waals surface area contributed by atoms with Crippen molar-refractivity contribution in [2.45, 2.75) is 25.8 Å². The number of halogens is 2. The highest BCUT2D eigenvalue weighted by Crippen LogP contribution is 2.27. The van der Waals surface area contributed by atoms with Crippen molar-refractivity contribution in [3.63, 3.8) is 0 Å². The smallest absolute Gasteiger partial charge is 0.124 e. The highest BCUT2D eigenvalue weighted by molar-refractivity contribution is 9.10. The third-order valence-electron chi connectivity index (χ3n) is 2.88. The molecule has 0 fully saturated rings. The van der Waals surface area contributed by atoms with Crippen molar-refractivity contribution in [2.75, 3.05) is 0 Å². The van der Waals surface area contributed by atoms with Gasteiger partial charge in [-0.2, -0.15) is 0 Å². The Labute approximate surface area is 123 Å². The molecular weight excluding hydrogens is 331 g/mol. The third-order valence-corrected chi connectivity index (χ3v) is 4.50. The predicted octanol–water partition coefficient (Wildman–Crippen LogP) is 2.75. The Bertz CT molecular complexity index is 560. The average Bonchev–Trinajstić information content (AvgIpc) is 2.86. The van der Waals surface area contributed by atoms with Crippen molar-refractivity contribution in [1.29, 1.82) is 0 Å². The molecule has 0 saturated heterocycles. The van der Waals surface area contributed by atoms with Gasteiger partial charge in [0.1, 0.15) is 5.82 Å². The van der Waals surface area contributed by atoms with Crippen LogP contribution in [0, 0.1) is 5.82 Å². The van der Waals surface area contributed by atoms with Crippen molar-refractivity contribution in [2.24, 2.45) is 5.84 Å². The fourth-order valence-corrected chi connectivity index (χ4v) is 3.17. The minimum atomic E-state index is -0.262. The Morgan fingerprint density at radius 1 is 1.53 bits per heavy atom. The van der Waals surface area contributed by atoms with E-state index < -0.39 is 0 Å². The Morgan fingerprint density at radius 3 is 2.95 bits per heavy atom. The maximum atomic E-state index is 13.1. The van der Waals surface area contributed by atoms with Crippen molar-refractivity contribution >= 4 is 27.5 Å². The number of aromatic nitrogens is 2. The molecule has 1 atom stereocenters. The largest absolute Gasteiger partial charge is 0.271 e. The Hall–Kier alpha value is -0.890. The van der Waals surface area contributed by atoms with E-state index in [4.69, 9.17) is 5.84 Å². The van der Waals surface area contributed by atoms with Crippen molar-refractivity contribution in [1.82, 2.24) is 15.0 Å². The fourth-order valence-electron chi connectivity index (χ4n) is 1.86. The predicted molar refractivity (Wildman–Crippen MR) is 77.2 cm³/mol. The van der Waals surface area contributed by atoms with Gasteiger partial charge < -0.3 is 0 Å². The molecule has 1 heterocycles. The number of nitrogens with one attached hydrogen (secondary N) is 1. The van der Waals surface area contributed by atoms with Gasteiger partial charge in [0.05, 0.1) is 16.6 Å². The molecule has 0 spiro atoms. The van der Waals surface area contributed by atoms with Gasteiger partial charge in [0.25, 0.3) is 0 Å². The number of hydrogen-bond donors (Lipinski definition) is 2. The van der Waals surface area contributed by atoms with E-state index >= 15 is 0 Å². The van der Waals surface area contributed by atoms with E-state index in [-0.39, 0.29) is 11.9 Å². The van der Waals surface area contributed by atoms with Crippen molar-refractivity contribution in [3.05, 3.63) is 44.6 Å². The van der Waals surface area contributed by atoms with E-state index in [0.29, 0.717) is 6.42 Å². The molecule has 102 valence electrons. The minimum Gasteiger partial charge on any atom is -0.271 e.